The number of nitrogens with one attached hydrogen (secondary N) is 1. The first-order chi connectivity index (χ1) is 13.8. The monoisotopic (exact) mass is 430 g/mol. The number of sulfonamides is 2. The van der Waals surface area contributed by atoms with Crippen LogP contribution in [0.3, 0.4) is 0 Å². The van der Waals surface area contributed by atoms with Gasteiger partial charge in [-0.25, -0.2) is 21.6 Å². The Balaban J connectivity index is 1.61. The molecule has 150 valence electrons. The van der Waals surface area contributed by atoms with E-state index < -0.39 is 26.0 Å². The second kappa shape index (κ2) is 7.25. The van der Waals surface area contributed by atoms with Gasteiger partial charge in [-0.1, -0.05) is 36.4 Å². The fourth-order valence-electron chi connectivity index (χ4n) is 3.05. The summed E-state index contributed by atoms with van der Waals surface area (Å²) < 4.78 is 53.7. The number of fused-ring (bicyclic) bond motifs is 1. The molecule has 0 spiro atoms. The van der Waals surface area contributed by atoms with Crippen LogP contribution in [0.5, 0.6) is 0 Å². The average molecular weight is 431 g/mol. The first-order valence-electron chi connectivity index (χ1n) is 8.93. The van der Waals surface area contributed by atoms with Crippen LogP contribution in [0.15, 0.2) is 76.5 Å². The second-order valence-electron chi connectivity index (χ2n) is 6.73. The molecule has 1 aliphatic heterocycles. The summed E-state index contributed by atoms with van der Waals surface area (Å²) in [5, 5.41) is 1.73. The zero-order valence-corrected chi connectivity index (χ0v) is 16.9. The van der Waals surface area contributed by atoms with E-state index in [9.17, 15) is 21.6 Å². The first-order valence-corrected chi connectivity index (χ1v) is 11.9. The molecule has 1 fully saturated rings. The summed E-state index contributed by atoms with van der Waals surface area (Å²) in [6.45, 7) is 0.829. The number of carbonyl (C=O) groups is 1. The Morgan fingerprint density at radius 1 is 0.793 bits per heavy atom. The van der Waals surface area contributed by atoms with Crippen LogP contribution < -0.4 is 4.72 Å². The van der Waals surface area contributed by atoms with Gasteiger partial charge in [0.05, 0.1) is 9.79 Å². The molecule has 3 aromatic carbocycles. The minimum absolute atomic E-state index is 0.113. The van der Waals surface area contributed by atoms with Gasteiger partial charge >= 0.3 is 0 Å². The van der Waals surface area contributed by atoms with Crippen LogP contribution in [0.2, 0.25) is 0 Å². The van der Waals surface area contributed by atoms with Crippen LogP contribution in [0.25, 0.3) is 10.8 Å². The van der Waals surface area contributed by atoms with Gasteiger partial charge in [0.2, 0.25) is 10.0 Å². The Labute approximate surface area is 169 Å². The van der Waals surface area contributed by atoms with Gasteiger partial charge in [0.1, 0.15) is 0 Å². The Hall–Kier alpha value is -2.75. The standard InChI is InChI=1S/C20H18N2O5S2/c23-20(17-10-9-15-5-1-2-6-16(15)13-17)21-28(24,25)18-7-3-8-19(14-18)29(26,27)22-11-4-12-22/h1-3,5-10,13-14H,4,11-12H2,(H,21,23). The first kappa shape index (κ1) is 19.6. The SMILES string of the molecule is O=C(NS(=O)(=O)c1cccc(S(=O)(=O)N2CCC2)c1)c1ccc2ccccc2c1. The van der Waals surface area contributed by atoms with Crippen molar-refractivity contribution in [2.45, 2.75) is 16.2 Å². The predicted molar refractivity (Wildman–Crippen MR) is 108 cm³/mol. The van der Waals surface area contributed by atoms with Gasteiger partial charge in [0, 0.05) is 18.7 Å². The maximum Gasteiger partial charge on any atom is 0.265 e. The van der Waals surface area contributed by atoms with Crippen LogP contribution in [-0.4, -0.2) is 40.1 Å². The molecule has 4 rings (SSSR count). The van der Waals surface area contributed by atoms with E-state index in [4.69, 9.17) is 0 Å². The lowest BCUT2D eigenvalue weighted by Crippen LogP contribution is -2.42. The largest absolute Gasteiger partial charge is 0.268 e. The van der Waals surface area contributed by atoms with Crippen molar-refractivity contribution in [2.24, 2.45) is 0 Å². The number of carbonyl (C=O) groups excluding carboxylic acids is 1. The molecule has 7 nitrogen and oxygen atoms in total. The molecular weight excluding hydrogens is 412 g/mol. The van der Waals surface area contributed by atoms with Gasteiger partial charge < -0.3 is 0 Å². The fraction of sp³-hybridized carbons (Fsp3) is 0.150. The Bertz CT molecular complexity index is 1310. The van der Waals surface area contributed by atoms with Crippen molar-refractivity contribution in [3.63, 3.8) is 0 Å². The quantitative estimate of drug-likeness (QED) is 0.670. The Morgan fingerprint density at radius 2 is 1.48 bits per heavy atom. The van der Waals surface area contributed by atoms with Crippen molar-refractivity contribution >= 4 is 36.7 Å². The number of hydrogen-bond acceptors (Lipinski definition) is 5. The van der Waals surface area contributed by atoms with E-state index in [0.717, 1.165) is 23.3 Å². The Kier molecular flexibility index (Phi) is 4.89. The zero-order valence-electron chi connectivity index (χ0n) is 15.3. The molecule has 3 aromatic rings. The molecule has 29 heavy (non-hydrogen) atoms. The normalized spacial score (nSPS) is 15.0. The van der Waals surface area contributed by atoms with Crippen molar-refractivity contribution in [3.8, 4) is 0 Å². The molecule has 0 aliphatic carbocycles. The van der Waals surface area contributed by atoms with E-state index in [1.807, 2.05) is 29.0 Å². The predicted octanol–water partition coefficient (Wildman–Crippen LogP) is 2.35. The minimum Gasteiger partial charge on any atom is -0.268 e. The highest BCUT2D eigenvalue weighted by molar-refractivity contribution is 7.90. The van der Waals surface area contributed by atoms with E-state index in [0.29, 0.717) is 13.1 Å². The number of hydrogen-bond donors (Lipinski definition) is 1. The number of benzene rings is 3. The van der Waals surface area contributed by atoms with Gasteiger partial charge in [-0.2, -0.15) is 4.31 Å². The van der Waals surface area contributed by atoms with Gasteiger partial charge in [-0.05, 0) is 47.5 Å². The summed E-state index contributed by atoms with van der Waals surface area (Å²) in [4.78, 5) is 12.1. The highest BCUT2D eigenvalue weighted by Crippen LogP contribution is 2.23. The summed E-state index contributed by atoms with van der Waals surface area (Å²) >= 11 is 0. The summed E-state index contributed by atoms with van der Waals surface area (Å²) in [5.74, 6) is -0.785. The van der Waals surface area contributed by atoms with E-state index >= 15 is 0 Å². The summed E-state index contributed by atoms with van der Waals surface area (Å²) in [7, 11) is -7.97. The third-order valence-electron chi connectivity index (χ3n) is 4.81. The zero-order chi connectivity index (χ0) is 20.6. The molecule has 0 bridgehead atoms. The molecular formula is C20H18N2O5S2. The van der Waals surface area contributed by atoms with E-state index in [1.165, 1.54) is 28.6 Å². The molecule has 1 saturated heterocycles. The van der Waals surface area contributed by atoms with Gasteiger partial charge in [-0.15, -0.1) is 0 Å². The van der Waals surface area contributed by atoms with Gasteiger partial charge in [-0.3, -0.25) is 4.79 Å². The third kappa shape index (κ3) is 3.76. The lowest BCUT2D eigenvalue weighted by molar-refractivity contribution is 0.0981. The van der Waals surface area contributed by atoms with Gasteiger partial charge in [0.15, 0.2) is 0 Å². The van der Waals surface area contributed by atoms with Crippen molar-refractivity contribution < 1.29 is 21.6 Å². The van der Waals surface area contributed by atoms with Crippen LogP contribution in [0, 0.1) is 0 Å². The molecule has 0 saturated carbocycles. The minimum atomic E-state index is -4.24. The lowest BCUT2D eigenvalue weighted by Gasteiger charge is -2.29. The highest BCUT2D eigenvalue weighted by Gasteiger charge is 2.30. The number of rotatable bonds is 5. The molecule has 1 amide bonds. The molecule has 0 aromatic heterocycles. The third-order valence-corrected chi connectivity index (χ3v) is 8.03. The van der Waals surface area contributed by atoms with E-state index in [-0.39, 0.29) is 15.4 Å². The maximum absolute atomic E-state index is 12.7. The lowest BCUT2D eigenvalue weighted by atomic mass is 10.1. The number of amides is 1. The number of nitrogens with zero attached hydrogens (tertiary/aromatic N) is 1. The maximum atomic E-state index is 12.7. The molecule has 1 heterocycles. The van der Waals surface area contributed by atoms with Gasteiger partial charge in [0.25, 0.3) is 15.9 Å². The van der Waals surface area contributed by atoms with Crippen molar-refractivity contribution in [3.05, 3.63) is 72.3 Å². The summed E-state index contributed by atoms with van der Waals surface area (Å²) in [5.41, 5.74) is 0.191. The van der Waals surface area contributed by atoms with Crippen molar-refractivity contribution in [1.29, 1.82) is 0 Å². The fourth-order valence-corrected chi connectivity index (χ4v) is 5.71. The van der Waals surface area contributed by atoms with Crippen LogP contribution in [0.1, 0.15) is 16.8 Å². The summed E-state index contributed by atoms with van der Waals surface area (Å²) in [6, 6.07) is 17.3. The highest BCUT2D eigenvalue weighted by atomic mass is 32.2. The van der Waals surface area contributed by atoms with E-state index in [1.54, 1.807) is 12.1 Å². The molecule has 1 aliphatic rings. The summed E-state index contributed by atoms with van der Waals surface area (Å²) in [6.07, 6.45) is 0.777. The molecule has 0 atom stereocenters. The molecule has 9 heteroatoms. The Morgan fingerprint density at radius 3 is 2.17 bits per heavy atom. The molecule has 1 N–H and O–H groups in total. The smallest absolute Gasteiger partial charge is 0.265 e. The molecule has 0 unspecified atom stereocenters. The topological polar surface area (TPSA) is 101 Å². The average Bonchev–Trinajstić information content (AvgIpc) is 2.65. The van der Waals surface area contributed by atoms with Crippen molar-refractivity contribution in [2.75, 3.05) is 13.1 Å². The van der Waals surface area contributed by atoms with Crippen LogP contribution in [0.4, 0.5) is 0 Å². The molecule has 0 radical (unpaired) electrons. The second-order valence-corrected chi connectivity index (χ2v) is 10.3. The van der Waals surface area contributed by atoms with Crippen LogP contribution in [-0.2, 0) is 20.0 Å². The van der Waals surface area contributed by atoms with Crippen LogP contribution >= 0.6 is 0 Å². The van der Waals surface area contributed by atoms with Crippen molar-refractivity contribution in [1.82, 2.24) is 9.03 Å². The van der Waals surface area contributed by atoms with E-state index in [2.05, 4.69) is 0 Å².